The fourth-order valence-electron chi connectivity index (χ4n) is 0.599. The molecule has 1 saturated carbocycles. The molecule has 0 saturated heterocycles. The summed E-state index contributed by atoms with van der Waals surface area (Å²) in [7, 11) is 0. The van der Waals surface area contributed by atoms with Gasteiger partial charge in [-0.05, 0) is 0 Å². The van der Waals surface area contributed by atoms with Crippen molar-refractivity contribution < 1.29 is 0 Å². The molecule has 0 aromatic carbocycles. The fourth-order valence-corrected chi connectivity index (χ4v) is 3.41. The molecule has 1 fully saturated rings. The highest BCUT2D eigenvalue weighted by atomic mass is 79.9. The molecule has 0 N–H and O–H groups in total. The first kappa shape index (κ1) is 7.55. The third-order valence-electron chi connectivity index (χ3n) is 1.73. The van der Waals surface area contributed by atoms with Crippen molar-refractivity contribution in [3.05, 3.63) is 0 Å². The molecule has 1 aliphatic rings. The van der Waals surface area contributed by atoms with Gasteiger partial charge in [-0.2, -0.15) is 0 Å². The fraction of sp³-hybridized carbons (Fsp3) is 1.00. The molecule has 0 radical (unpaired) electrons. The maximum atomic E-state index is 3.54. The number of hydrogen-bond acceptors (Lipinski definition) is 0. The highest BCUT2D eigenvalue weighted by Gasteiger charge is 2.67. The SMILES string of the molecule is CC1(C)C(Br)C1(Br)Br. The molecule has 48 valence electrons. The zero-order valence-corrected chi connectivity index (χ0v) is 9.47. The summed E-state index contributed by atoms with van der Waals surface area (Å²) in [5.41, 5.74) is 0.354. The van der Waals surface area contributed by atoms with Gasteiger partial charge >= 0.3 is 0 Å². The molecule has 1 unspecified atom stereocenters. The molecule has 0 aromatic heterocycles. The zero-order valence-electron chi connectivity index (χ0n) is 4.71. The van der Waals surface area contributed by atoms with Crippen LogP contribution in [0.1, 0.15) is 13.8 Å². The van der Waals surface area contributed by atoms with Gasteiger partial charge in [0.2, 0.25) is 0 Å². The molecule has 0 spiro atoms. The van der Waals surface area contributed by atoms with E-state index < -0.39 is 0 Å². The number of alkyl halides is 3. The van der Waals surface area contributed by atoms with Gasteiger partial charge in [-0.25, -0.2) is 0 Å². The normalized spacial score (nSPS) is 39.4. The molecular weight excluding hydrogens is 300 g/mol. The largest absolute Gasteiger partial charge is 0.0997 e. The summed E-state index contributed by atoms with van der Waals surface area (Å²) < 4.78 is 0.146. The van der Waals surface area contributed by atoms with E-state index in [4.69, 9.17) is 0 Å². The maximum absolute atomic E-state index is 3.54. The van der Waals surface area contributed by atoms with E-state index in [1.807, 2.05) is 0 Å². The first-order chi connectivity index (χ1) is 3.40. The van der Waals surface area contributed by atoms with Crippen molar-refractivity contribution in [2.24, 2.45) is 5.41 Å². The van der Waals surface area contributed by atoms with Gasteiger partial charge in [0.25, 0.3) is 0 Å². The average molecular weight is 307 g/mol. The minimum Gasteiger partial charge on any atom is -0.0859 e. The maximum Gasteiger partial charge on any atom is 0.0997 e. The molecule has 1 atom stereocenters. The third-order valence-corrected chi connectivity index (χ3v) is 7.75. The van der Waals surface area contributed by atoms with Crippen molar-refractivity contribution >= 4 is 47.8 Å². The first-order valence-electron chi connectivity index (χ1n) is 2.42. The molecule has 0 aromatic rings. The van der Waals surface area contributed by atoms with Crippen LogP contribution in [-0.4, -0.2) is 8.06 Å². The van der Waals surface area contributed by atoms with E-state index in [9.17, 15) is 0 Å². The van der Waals surface area contributed by atoms with E-state index in [1.165, 1.54) is 0 Å². The smallest absolute Gasteiger partial charge is 0.0859 e. The second kappa shape index (κ2) is 1.73. The van der Waals surface area contributed by atoms with Gasteiger partial charge < -0.3 is 0 Å². The topological polar surface area (TPSA) is 0 Å². The van der Waals surface area contributed by atoms with Gasteiger partial charge in [0.05, 0.1) is 3.23 Å². The Morgan fingerprint density at radius 1 is 1.25 bits per heavy atom. The molecule has 1 aliphatic carbocycles. The Hall–Kier alpha value is 1.44. The van der Waals surface area contributed by atoms with Crippen LogP contribution >= 0.6 is 47.8 Å². The van der Waals surface area contributed by atoms with Crippen LogP contribution in [0, 0.1) is 5.41 Å². The lowest BCUT2D eigenvalue weighted by Gasteiger charge is -1.99. The monoisotopic (exact) mass is 304 g/mol. The lowest BCUT2D eigenvalue weighted by molar-refractivity contribution is 0.658. The molecule has 0 aliphatic heterocycles. The van der Waals surface area contributed by atoms with Crippen molar-refractivity contribution in [3.8, 4) is 0 Å². The third kappa shape index (κ3) is 0.739. The Kier molecular flexibility index (Phi) is 1.63. The van der Waals surface area contributed by atoms with Crippen molar-refractivity contribution in [3.63, 3.8) is 0 Å². The van der Waals surface area contributed by atoms with E-state index in [-0.39, 0.29) is 3.23 Å². The Balaban J connectivity index is 2.72. The van der Waals surface area contributed by atoms with Crippen LogP contribution in [0.15, 0.2) is 0 Å². The number of hydrogen-bond donors (Lipinski definition) is 0. The van der Waals surface area contributed by atoms with E-state index in [0.29, 0.717) is 10.2 Å². The van der Waals surface area contributed by atoms with Gasteiger partial charge in [0.1, 0.15) is 0 Å². The predicted octanol–water partition coefficient (Wildman–Crippen LogP) is 3.28. The lowest BCUT2D eigenvalue weighted by atomic mass is 10.2. The van der Waals surface area contributed by atoms with Crippen LogP contribution in [0.25, 0.3) is 0 Å². The molecule has 3 heteroatoms. The second-order valence-electron chi connectivity index (χ2n) is 2.71. The molecule has 0 nitrogen and oxygen atoms in total. The highest BCUT2D eigenvalue weighted by molar-refractivity contribution is 9.26. The number of halogens is 3. The van der Waals surface area contributed by atoms with E-state index in [1.54, 1.807) is 0 Å². The summed E-state index contributed by atoms with van der Waals surface area (Å²) in [6.45, 7) is 4.41. The van der Waals surface area contributed by atoms with Gasteiger partial charge in [0, 0.05) is 10.2 Å². The van der Waals surface area contributed by atoms with Crippen LogP contribution in [0.5, 0.6) is 0 Å². The van der Waals surface area contributed by atoms with Crippen molar-refractivity contribution in [2.45, 2.75) is 21.9 Å². The van der Waals surface area contributed by atoms with Crippen molar-refractivity contribution in [1.82, 2.24) is 0 Å². The minimum absolute atomic E-state index is 0.146. The molecule has 0 heterocycles. The van der Waals surface area contributed by atoms with Crippen LogP contribution < -0.4 is 0 Å². The Morgan fingerprint density at radius 2 is 1.38 bits per heavy atom. The Bertz CT molecular complexity index is 103. The summed E-state index contributed by atoms with van der Waals surface area (Å²) in [4.78, 5) is 0.558. The number of rotatable bonds is 0. The van der Waals surface area contributed by atoms with Crippen LogP contribution in [0.2, 0.25) is 0 Å². The summed E-state index contributed by atoms with van der Waals surface area (Å²) in [6, 6.07) is 0. The van der Waals surface area contributed by atoms with E-state index in [2.05, 4.69) is 61.6 Å². The lowest BCUT2D eigenvalue weighted by Crippen LogP contribution is -1.94. The molecule has 1 rings (SSSR count). The predicted molar refractivity (Wildman–Crippen MR) is 47.1 cm³/mol. The Labute approximate surface area is 74.8 Å². The second-order valence-corrected chi connectivity index (χ2v) is 7.19. The molecule has 8 heavy (non-hydrogen) atoms. The van der Waals surface area contributed by atoms with Crippen molar-refractivity contribution in [1.29, 1.82) is 0 Å². The molecular formula is C5H7Br3. The molecule has 0 bridgehead atoms. The van der Waals surface area contributed by atoms with Crippen molar-refractivity contribution in [2.75, 3.05) is 0 Å². The molecule has 0 amide bonds. The quantitative estimate of drug-likeness (QED) is 0.603. The summed E-state index contributed by atoms with van der Waals surface area (Å²) >= 11 is 10.6. The first-order valence-corrected chi connectivity index (χ1v) is 4.93. The summed E-state index contributed by atoms with van der Waals surface area (Å²) in [5, 5.41) is 0. The standard InChI is InChI=1S/C5H7Br3/c1-4(2)3(6)5(4,7)8/h3H,1-2H3. The van der Waals surface area contributed by atoms with Gasteiger partial charge in [0.15, 0.2) is 0 Å². The van der Waals surface area contributed by atoms with E-state index >= 15 is 0 Å². The minimum atomic E-state index is 0.146. The summed E-state index contributed by atoms with van der Waals surface area (Å²) in [6.07, 6.45) is 0. The average Bonchev–Trinajstić information content (AvgIpc) is 1.88. The van der Waals surface area contributed by atoms with Gasteiger partial charge in [-0.1, -0.05) is 61.6 Å². The highest BCUT2D eigenvalue weighted by Crippen LogP contribution is 2.69. The van der Waals surface area contributed by atoms with E-state index in [0.717, 1.165) is 0 Å². The van der Waals surface area contributed by atoms with Crippen LogP contribution in [0.3, 0.4) is 0 Å². The summed E-state index contributed by atoms with van der Waals surface area (Å²) in [5.74, 6) is 0. The van der Waals surface area contributed by atoms with Crippen LogP contribution in [-0.2, 0) is 0 Å². The zero-order chi connectivity index (χ0) is 6.58. The Morgan fingerprint density at radius 3 is 1.38 bits per heavy atom. The van der Waals surface area contributed by atoms with Gasteiger partial charge in [-0.3, -0.25) is 0 Å². The van der Waals surface area contributed by atoms with Crippen LogP contribution in [0.4, 0.5) is 0 Å². The van der Waals surface area contributed by atoms with Gasteiger partial charge in [-0.15, -0.1) is 0 Å².